The fraction of sp³-hybridized carbons (Fsp3) is 0.938. The minimum atomic E-state index is 0.0508. The van der Waals surface area contributed by atoms with E-state index in [0.717, 1.165) is 32.8 Å². The number of carbonyl (C=O) groups is 1. The van der Waals surface area contributed by atoms with E-state index in [1.807, 2.05) is 27.7 Å². The van der Waals surface area contributed by atoms with Crippen molar-refractivity contribution in [1.29, 1.82) is 0 Å². The van der Waals surface area contributed by atoms with Gasteiger partial charge >= 0.3 is 0 Å². The minimum Gasteiger partial charge on any atom is -0.378 e. The first kappa shape index (κ1) is 20.3. The van der Waals surface area contributed by atoms with Crippen LogP contribution >= 0.6 is 0 Å². The molecule has 0 bridgehead atoms. The number of likely N-dealkylation sites (N-methyl/N-ethyl adjacent to an activating group) is 1. The predicted octanol–water partition coefficient (Wildman–Crippen LogP) is 1.44. The zero-order valence-corrected chi connectivity index (χ0v) is 14.7. The highest BCUT2D eigenvalue weighted by atomic mass is 16.5. The van der Waals surface area contributed by atoms with Crippen LogP contribution in [0.1, 0.15) is 34.6 Å². The molecule has 1 saturated heterocycles. The predicted molar refractivity (Wildman–Crippen MR) is 88.6 cm³/mol. The average Bonchev–Trinajstić information content (AvgIpc) is 2.52. The summed E-state index contributed by atoms with van der Waals surface area (Å²) in [7, 11) is 0. The Morgan fingerprint density at radius 2 is 1.67 bits per heavy atom. The highest BCUT2D eigenvalue weighted by Crippen LogP contribution is 2.00. The highest BCUT2D eigenvalue weighted by molar-refractivity contribution is 5.77. The maximum atomic E-state index is 11.3. The van der Waals surface area contributed by atoms with E-state index in [9.17, 15) is 4.79 Å². The summed E-state index contributed by atoms with van der Waals surface area (Å²) < 4.78 is 5.55. The summed E-state index contributed by atoms with van der Waals surface area (Å²) in [5.41, 5.74) is 0. The van der Waals surface area contributed by atoms with Crippen LogP contribution in [-0.4, -0.2) is 74.7 Å². The Hall–Kier alpha value is -0.650. The third-order valence-corrected chi connectivity index (χ3v) is 3.53. The molecule has 0 aromatic rings. The van der Waals surface area contributed by atoms with Crippen molar-refractivity contribution < 1.29 is 9.53 Å². The van der Waals surface area contributed by atoms with Gasteiger partial charge in [-0.15, -0.1) is 0 Å². The molecule has 1 N–H and O–H groups in total. The van der Waals surface area contributed by atoms with Gasteiger partial charge in [-0.05, 0) is 6.54 Å². The number of rotatable bonds is 8. The number of hydrogen-bond acceptors (Lipinski definition) is 4. The molecule has 0 unspecified atom stereocenters. The summed E-state index contributed by atoms with van der Waals surface area (Å²) in [6.07, 6.45) is 0. The van der Waals surface area contributed by atoms with Crippen LogP contribution in [0, 0.1) is 5.92 Å². The van der Waals surface area contributed by atoms with E-state index >= 15 is 0 Å². The number of nitrogens with one attached hydrogen (secondary N) is 1. The van der Waals surface area contributed by atoms with Crippen LogP contribution in [0.2, 0.25) is 0 Å². The van der Waals surface area contributed by atoms with E-state index < -0.39 is 0 Å². The number of nitrogens with zero attached hydrogens (tertiary/aromatic N) is 2. The Morgan fingerprint density at radius 3 is 2.19 bits per heavy atom. The van der Waals surface area contributed by atoms with Crippen molar-refractivity contribution in [3.8, 4) is 0 Å². The Kier molecular flexibility index (Phi) is 12.6. The van der Waals surface area contributed by atoms with Gasteiger partial charge in [0, 0.05) is 45.2 Å². The molecule has 0 spiro atoms. The van der Waals surface area contributed by atoms with Gasteiger partial charge in [0.2, 0.25) is 5.91 Å². The van der Waals surface area contributed by atoms with E-state index in [1.165, 1.54) is 13.1 Å². The molecule has 5 nitrogen and oxygen atoms in total. The van der Waals surface area contributed by atoms with Crippen molar-refractivity contribution in [3.05, 3.63) is 0 Å². The van der Waals surface area contributed by atoms with Crippen LogP contribution in [0.15, 0.2) is 0 Å². The Bertz CT molecular complexity index is 252. The fourth-order valence-electron chi connectivity index (χ4n) is 2.08. The second kappa shape index (κ2) is 13.0. The molecule has 126 valence electrons. The third-order valence-electron chi connectivity index (χ3n) is 3.53. The van der Waals surface area contributed by atoms with Gasteiger partial charge in [-0.3, -0.25) is 9.69 Å². The lowest BCUT2D eigenvalue weighted by atomic mass is 10.2. The SMILES string of the molecule is CC.CCN1CCN(CCOCCNC(=O)C(C)C)CC1. The minimum absolute atomic E-state index is 0.0508. The largest absolute Gasteiger partial charge is 0.378 e. The van der Waals surface area contributed by atoms with Gasteiger partial charge in [-0.1, -0.05) is 34.6 Å². The van der Waals surface area contributed by atoms with E-state index in [4.69, 9.17) is 4.74 Å². The Morgan fingerprint density at radius 1 is 1.10 bits per heavy atom. The summed E-state index contributed by atoms with van der Waals surface area (Å²) >= 11 is 0. The summed E-state index contributed by atoms with van der Waals surface area (Å²) in [6, 6.07) is 0. The molecule has 0 atom stereocenters. The number of ether oxygens (including phenoxy) is 1. The van der Waals surface area contributed by atoms with Gasteiger partial charge in [-0.25, -0.2) is 0 Å². The zero-order valence-electron chi connectivity index (χ0n) is 14.7. The third kappa shape index (κ3) is 9.82. The topological polar surface area (TPSA) is 44.8 Å². The van der Waals surface area contributed by atoms with Gasteiger partial charge < -0.3 is 15.0 Å². The summed E-state index contributed by atoms with van der Waals surface area (Å²) in [6.45, 7) is 18.7. The van der Waals surface area contributed by atoms with E-state index in [1.54, 1.807) is 0 Å². The normalized spacial score (nSPS) is 16.5. The Labute approximate surface area is 131 Å². The zero-order chi connectivity index (χ0) is 16.1. The molecule has 1 heterocycles. The van der Waals surface area contributed by atoms with Crippen LogP contribution in [0.25, 0.3) is 0 Å². The molecule has 0 aromatic carbocycles. The van der Waals surface area contributed by atoms with Crippen molar-refractivity contribution in [2.24, 2.45) is 5.92 Å². The van der Waals surface area contributed by atoms with Crippen molar-refractivity contribution in [2.75, 3.05) is 59.0 Å². The summed E-state index contributed by atoms with van der Waals surface area (Å²) in [5, 5.41) is 2.85. The lowest BCUT2D eigenvalue weighted by molar-refractivity contribution is -0.124. The highest BCUT2D eigenvalue weighted by Gasteiger charge is 2.14. The van der Waals surface area contributed by atoms with Crippen molar-refractivity contribution in [3.63, 3.8) is 0 Å². The molecule has 0 aliphatic carbocycles. The maximum absolute atomic E-state index is 11.3. The quantitative estimate of drug-likeness (QED) is 0.689. The van der Waals surface area contributed by atoms with Crippen molar-refractivity contribution in [2.45, 2.75) is 34.6 Å². The first-order valence-corrected chi connectivity index (χ1v) is 8.43. The number of amides is 1. The standard InChI is InChI=1S/C14H29N3O2.C2H6/c1-4-16-6-8-17(9-7-16)10-12-19-11-5-15-14(18)13(2)3;1-2/h13H,4-12H2,1-3H3,(H,15,18);1-2H3. The molecular weight excluding hydrogens is 266 g/mol. The molecule has 1 fully saturated rings. The molecule has 1 amide bonds. The maximum Gasteiger partial charge on any atom is 0.222 e. The second-order valence-electron chi connectivity index (χ2n) is 5.33. The molecule has 0 radical (unpaired) electrons. The average molecular weight is 301 g/mol. The summed E-state index contributed by atoms with van der Waals surface area (Å²) in [4.78, 5) is 16.2. The fourth-order valence-corrected chi connectivity index (χ4v) is 2.08. The molecule has 0 saturated carbocycles. The van der Waals surface area contributed by atoms with Crippen molar-refractivity contribution >= 4 is 5.91 Å². The Balaban J connectivity index is 0.00000191. The number of piperazine rings is 1. The van der Waals surface area contributed by atoms with Crippen LogP contribution in [0.5, 0.6) is 0 Å². The molecule has 1 aliphatic rings. The molecule has 1 aliphatic heterocycles. The molecule has 5 heteroatoms. The van der Waals surface area contributed by atoms with Crippen LogP contribution in [0.3, 0.4) is 0 Å². The number of hydrogen-bond donors (Lipinski definition) is 1. The lowest BCUT2D eigenvalue weighted by Gasteiger charge is -2.33. The van der Waals surface area contributed by atoms with Crippen LogP contribution < -0.4 is 5.32 Å². The first-order chi connectivity index (χ1) is 10.1. The molecule has 0 aromatic heterocycles. The van der Waals surface area contributed by atoms with Crippen LogP contribution in [-0.2, 0) is 9.53 Å². The smallest absolute Gasteiger partial charge is 0.222 e. The van der Waals surface area contributed by atoms with Gasteiger partial charge in [0.15, 0.2) is 0 Å². The lowest BCUT2D eigenvalue weighted by Crippen LogP contribution is -2.47. The van der Waals surface area contributed by atoms with E-state index in [2.05, 4.69) is 22.0 Å². The summed E-state index contributed by atoms with van der Waals surface area (Å²) in [5.74, 6) is 0.147. The molecule has 1 rings (SSSR count). The van der Waals surface area contributed by atoms with Gasteiger partial charge in [0.1, 0.15) is 0 Å². The van der Waals surface area contributed by atoms with Gasteiger partial charge in [0.25, 0.3) is 0 Å². The van der Waals surface area contributed by atoms with E-state index in [0.29, 0.717) is 13.2 Å². The van der Waals surface area contributed by atoms with E-state index in [-0.39, 0.29) is 11.8 Å². The monoisotopic (exact) mass is 301 g/mol. The molecular formula is C16H35N3O2. The van der Waals surface area contributed by atoms with Gasteiger partial charge in [0.05, 0.1) is 13.2 Å². The first-order valence-electron chi connectivity index (χ1n) is 8.43. The van der Waals surface area contributed by atoms with Crippen molar-refractivity contribution in [1.82, 2.24) is 15.1 Å². The van der Waals surface area contributed by atoms with Gasteiger partial charge in [-0.2, -0.15) is 0 Å². The van der Waals surface area contributed by atoms with Crippen LogP contribution in [0.4, 0.5) is 0 Å². The number of carbonyl (C=O) groups excluding carboxylic acids is 1. The molecule has 21 heavy (non-hydrogen) atoms. The second-order valence-corrected chi connectivity index (χ2v) is 5.33.